The fourth-order valence-corrected chi connectivity index (χ4v) is 5.61. The Kier molecular flexibility index (Phi) is 11.6. The Hall–Kier alpha value is -1.69. The minimum Gasteiger partial charge on any atom is -0.282 e. The Labute approximate surface area is 212 Å². The molecule has 0 bridgehead atoms. The lowest BCUT2D eigenvalue weighted by atomic mass is 10.1. The summed E-state index contributed by atoms with van der Waals surface area (Å²) in [5.41, 5.74) is 3.69. The van der Waals surface area contributed by atoms with Crippen molar-refractivity contribution in [3.63, 3.8) is 0 Å². The normalized spacial score (nSPS) is 10.8. The minimum atomic E-state index is 0.0103. The molecule has 0 aliphatic rings. The number of benzene rings is 2. The number of aryl methyl sites for hydroxylation is 2. The van der Waals surface area contributed by atoms with Gasteiger partial charge >= 0.3 is 0 Å². The third-order valence-corrected chi connectivity index (χ3v) is 8.28. The van der Waals surface area contributed by atoms with Gasteiger partial charge in [-0.3, -0.25) is 9.59 Å². The highest BCUT2D eigenvalue weighted by atomic mass is 32.2. The predicted molar refractivity (Wildman–Crippen MR) is 146 cm³/mol. The summed E-state index contributed by atoms with van der Waals surface area (Å²) in [5, 5.41) is 0.0205. The van der Waals surface area contributed by atoms with Gasteiger partial charge in [0.05, 0.1) is 0 Å². The summed E-state index contributed by atoms with van der Waals surface area (Å²) in [6.45, 7) is 15.4. The van der Waals surface area contributed by atoms with Gasteiger partial charge in [0.25, 0.3) is 0 Å². The van der Waals surface area contributed by atoms with Crippen LogP contribution in [0.15, 0.2) is 80.3 Å². The van der Waals surface area contributed by atoms with Crippen LogP contribution in [0.4, 0.5) is 0 Å². The van der Waals surface area contributed by atoms with Crippen LogP contribution in [0.3, 0.4) is 0 Å². The number of carbonyl (C=O) groups excluding carboxylic acids is 2. The van der Waals surface area contributed by atoms with E-state index in [9.17, 15) is 9.59 Å². The van der Waals surface area contributed by atoms with Crippen molar-refractivity contribution < 1.29 is 9.59 Å². The van der Waals surface area contributed by atoms with Gasteiger partial charge < -0.3 is 0 Å². The number of thioether (sulfide) groups is 2. The number of unbranched alkanes of at least 4 members (excludes halogenated alkanes) is 2. The highest BCUT2D eigenvalue weighted by molar-refractivity contribution is 8.14. The molecule has 176 valence electrons. The zero-order valence-corrected chi connectivity index (χ0v) is 22.6. The predicted octanol–water partition coefficient (Wildman–Crippen LogP) is 8.91. The lowest BCUT2D eigenvalue weighted by Crippen LogP contribution is -1.96. The van der Waals surface area contributed by atoms with E-state index in [1.54, 1.807) is 25.6 Å². The maximum atomic E-state index is 12.1. The maximum absolute atomic E-state index is 12.1. The van der Waals surface area contributed by atoms with E-state index < -0.39 is 0 Å². The number of carbonyl (C=O) groups is 2. The zero-order valence-electron chi connectivity index (χ0n) is 20.2. The van der Waals surface area contributed by atoms with E-state index in [-0.39, 0.29) is 10.2 Å². The average Bonchev–Trinajstić information content (AvgIpc) is 2.78. The van der Waals surface area contributed by atoms with Crippen LogP contribution in [-0.2, 0) is 22.4 Å². The summed E-state index contributed by atoms with van der Waals surface area (Å²) in [6.07, 6.45) is 6.43. The highest BCUT2D eigenvalue weighted by Gasteiger charge is 2.14. The molecule has 5 heteroatoms. The van der Waals surface area contributed by atoms with Gasteiger partial charge in [0, 0.05) is 19.6 Å². The first-order chi connectivity index (χ1) is 15.7. The van der Waals surface area contributed by atoms with Crippen LogP contribution in [0, 0.1) is 0 Å². The second kappa shape index (κ2) is 13.9. The van der Waals surface area contributed by atoms with Crippen LogP contribution in [0.5, 0.6) is 0 Å². The molecule has 2 nitrogen and oxygen atoms in total. The van der Waals surface area contributed by atoms with Crippen LogP contribution in [0.25, 0.3) is 0 Å². The number of hydrogen-bond donors (Lipinski definition) is 0. The standard InChI is InChI=1S/C28H34O2S3/c1-7-9-11-21-17-23(31-27(29)19(3)4)13-15-25(21)33-26-16-14-24(32-28(30)20(5)6)18-22(26)12-10-8-2/h13-18H,3,5,7-12H2,1-2,4,6H3. The van der Waals surface area contributed by atoms with Gasteiger partial charge in [0.1, 0.15) is 0 Å². The lowest BCUT2D eigenvalue weighted by Gasteiger charge is -2.15. The molecule has 33 heavy (non-hydrogen) atoms. The maximum Gasteiger partial charge on any atom is 0.219 e. The SMILES string of the molecule is C=C(C)C(=O)Sc1ccc(Sc2ccc(SC(=O)C(=C)C)cc2CCCC)c(CCCC)c1. The summed E-state index contributed by atoms with van der Waals surface area (Å²) in [6, 6.07) is 12.7. The van der Waals surface area contributed by atoms with Gasteiger partial charge in [-0.2, -0.15) is 0 Å². The van der Waals surface area contributed by atoms with Gasteiger partial charge in [-0.15, -0.1) is 0 Å². The van der Waals surface area contributed by atoms with Crippen LogP contribution < -0.4 is 0 Å². The van der Waals surface area contributed by atoms with E-state index in [1.807, 2.05) is 12.1 Å². The van der Waals surface area contributed by atoms with Gasteiger partial charge in [-0.1, -0.05) is 51.6 Å². The average molecular weight is 499 g/mol. The molecule has 0 N–H and O–H groups in total. The van der Waals surface area contributed by atoms with E-state index in [1.165, 1.54) is 44.4 Å². The Morgan fingerprint density at radius 3 is 1.45 bits per heavy atom. The Bertz CT molecular complexity index is 942. The Morgan fingerprint density at radius 1 is 0.727 bits per heavy atom. The first-order valence-electron chi connectivity index (χ1n) is 11.4. The summed E-state index contributed by atoms with van der Waals surface area (Å²) < 4.78 is 0. The topological polar surface area (TPSA) is 34.1 Å². The fraction of sp³-hybridized carbons (Fsp3) is 0.357. The molecule has 0 saturated heterocycles. The Balaban J connectivity index is 2.35. The summed E-state index contributed by atoms with van der Waals surface area (Å²) in [5.74, 6) is 0. The second-order valence-electron chi connectivity index (χ2n) is 8.19. The van der Waals surface area contributed by atoms with E-state index in [4.69, 9.17) is 0 Å². The molecule has 0 amide bonds. The summed E-state index contributed by atoms with van der Waals surface area (Å²) in [4.78, 5) is 28.7. The first-order valence-corrected chi connectivity index (χ1v) is 13.9. The van der Waals surface area contributed by atoms with E-state index in [0.717, 1.165) is 48.3 Å². The lowest BCUT2D eigenvalue weighted by molar-refractivity contribution is -0.108. The monoisotopic (exact) mass is 498 g/mol. The van der Waals surface area contributed by atoms with Gasteiger partial charge in [-0.05, 0) is 122 Å². The molecule has 0 saturated carbocycles. The van der Waals surface area contributed by atoms with Gasteiger partial charge in [-0.25, -0.2) is 0 Å². The zero-order chi connectivity index (χ0) is 24.4. The van der Waals surface area contributed by atoms with Crippen molar-refractivity contribution in [2.24, 2.45) is 0 Å². The molecule has 0 aliphatic carbocycles. The molecule has 0 aromatic heterocycles. The number of rotatable bonds is 12. The molecular weight excluding hydrogens is 465 g/mol. The van der Waals surface area contributed by atoms with Crippen LogP contribution in [-0.4, -0.2) is 10.2 Å². The Morgan fingerprint density at radius 2 is 1.12 bits per heavy atom. The molecule has 2 rings (SSSR count). The van der Waals surface area contributed by atoms with Crippen LogP contribution >= 0.6 is 35.3 Å². The number of hydrogen-bond acceptors (Lipinski definition) is 5. The smallest absolute Gasteiger partial charge is 0.219 e. The van der Waals surface area contributed by atoms with E-state index in [0.29, 0.717) is 11.1 Å². The molecule has 0 heterocycles. The van der Waals surface area contributed by atoms with Crippen LogP contribution in [0.1, 0.15) is 64.5 Å². The van der Waals surface area contributed by atoms with Crippen molar-refractivity contribution in [2.45, 2.75) is 85.8 Å². The molecule has 0 aliphatic heterocycles. The first kappa shape index (κ1) is 27.6. The van der Waals surface area contributed by atoms with Crippen molar-refractivity contribution in [3.8, 4) is 0 Å². The minimum absolute atomic E-state index is 0.0103. The van der Waals surface area contributed by atoms with Crippen molar-refractivity contribution in [3.05, 3.63) is 71.8 Å². The third-order valence-electron chi connectivity index (χ3n) is 5.00. The highest BCUT2D eigenvalue weighted by Crippen LogP contribution is 2.38. The quantitative estimate of drug-likeness (QED) is 0.215. The van der Waals surface area contributed by atoms with Crippen LogP contribution in [0.2, 0.25) is 0 Å². The molecule has 0 fully saturated rings. The van der Waals surface area contributed by atoms with Crippen molar-refractivity contribution in [2.75, 3.05) is 0 Å². The molecule has 2 aromatic rings. The van der Waals surface area contributed by atoms with Crippen molar-refractivity contribution in [1.29, 1.82) is 0 Å². The summed E-state index contributed by atoms with van der Waals surface area (Å²) >= 11 is 4.28. The molecule has 0 radical (unpaired) electrons. The summed E-state index contributed by atoms with van der Waals surface area (Å²) in [7, 11) is 0. The largest absolute Gasteiger partial charge is 0.282 e. The van der Waals surface area contributed by atoms with E-state index >= 15 is 0 Å². The molecule has 0 spiro atoms. The van der Waals surface area contributed by atoms with E-state index in [2.05, 4.69) is 51.3 Å². The van der Waals surface area contributed by atoms with Gasteiger partial charge in [0.15, 0.2) is 0 Å². The van der Waals surface area contributed by atoms with Crippen molar-refractivity contribution >= 4 is 45.5 Å². The molecule has 2 aromatic carbocycles. The van der Waals surface area contributed by atoms with Crippen molar-refractivity contribution in [1.82, 2.24) is 0 Å². The molecular formula is C28H34O2S3. The second-order valence-corrected chi connectivity index (χ2v) is 11.4. The molecule has 0 unspecified atom stereocenters. The third kappa shape index (κ3) is 8.88. The fourth-order valence-electron chi connectivity index (χ4n) is 3.07. The van der Waals surface area contributed by atoms with Gasteiger partial charge in [0.2, 0.25) is 10.2 Å². The molecule has 0 atom stereocenters.